The third-order valence-electron chi connectivity index (χ3n) is 4.06. The number of ether oxygens (including phenoxy) is 1. The Morgan fingerprint density at radius 1 is 1.26 bits per heavy atom. The molecule has 23 heavy (non-hydrogen) atoms. The van der Waals surface area contributed by atoms with Crippen molar-refractivity contribution in [1.29, 1.82) is 0 Å². The number of benzene rings is 2. The van der Waals surface area contributed by atoms with Crippen molar-refractivity contribution in [3.05, 3.63) is 69.2 Å². The molecular weight excluding hydrogens is 316 g/mol. The third-order valence-corrected chi connectivity index (χ3v) is 4.37. The largest absolute Gasteiger partial charge is 0.383 e. The van der Waals surface area contributed by atoms with Gasteiger partial charge in [-0.15, -0.1) is 0 Å². The Morgan fingerprint density at radius 3 is 2.74 bits per heavy atom. The summed E-state index contributed by atoms with van der Waals surface area (Å²) < 4.78 is 5.86. The topological polar surface area (TPSA) is 64.4 Å². The number of nitro benzene ring substituents is 1. The number of nitrogens with zero attached hydrogens (tertiary/aromatic N) is 1. The summed E-state index contributed by atoms with van der Waals surface area (Å²) in [5, 5.41) is 14.4. The Balaban J connectivity index is 1.67. The highest BCUT2D eigenvalue weighted by Gasteiger charge is 2.29. The fourth-order valence-electron chi connectivity index (χ4n) is 2.86. The van der Waals surface area contributed by atoms with Crippen LogP contribution >= 0.6 is 11.6 Å². The summed E-state index contributed by atoms with van der Waals surface area (Å²) >= 11 is 6.11. The van der Waals surface area contributed by atoms with Crippen LogP contribution < -0.4 is 5.32 Å². The fourth-order valence-corrected chi connectivity index (χ4v) is 3.10. The molecule has 0 amide bonds. The predicted octanol–water partition coefficient (Wildman–Crippen LogP) is 4.44. The second-order valence-corrected chi connectivity index (χ2v) is 5.96. The van der Waals surface area contributed by atoms with E-state index in [1.54, 1.807) is 6.07 Å². The van der Waals surface area contributed by atoms with Gasteiger partial charge in [0.15, 0.2) is 0 Å². The fraction of sp³-hybridized carbons (Fsp3) is 0.294. The highest BCUT2D eigenvalue weighted by atomic mass is 35.5. The van der Waals surface area contributed by atoms with Crippen molar-refractivity contribution in [2.45, 2.75) is 12.5 Å². The Labute approximate surface area is 139 Å². The molecule has 0 radical (unpaired) electrons. The Morgan fingerprint density at radius 2 is 2.04 bits per heavy atom. The minimum absolute atomic E-state index is 0.00749. The maximum Gasteiger partial charge on any atom is 0.271 e. The van der Waals surface area contributed by atoms with Crippen LogP contribution in [0.15, 0.2) is 48.5 Å². The standard InChI is InChI=1S/C17H17ClN2O3/c18-15-10-14(20(21)22)6-7-16(15)19-11-13-8-9-23-17(13)12-4-2-1-3-5-12/h1-7,10,13,17,19H,8-9,11H2. The van der Waals surface area contributed by atoms with Gasteiger partial charge in [-0.1, -0.05) is 41.9 Å². The number of nitrogens with one attached hydrogen (secondary N) is 1. The second-order valence-electron chi connectivity index (χ2n) is 5.55. The van der Waals surface area contributed by atoms with Crippen LogP contribution in [0.2, 0.25) is 5.02 Å². The van der Waals surface area contributed by atoms with E-state index in [9.17, 15) is 10.1 Å². The molecule has 0 spiro atoms. The van der Waals surface area contributed by atoms with Crippen LogP contribution in [-0.2, 0) is 4.74 Å². The van der Waals surface area contributed by atoms with Crippen molar-refractivity contribution < 1.29 is 9.66 Å². The average molecular weight is 333 g/mol. The summed E-state index contributed by atoms with van der Waals surface area (Å²) in [4.78, 5) is 10.3. The van der Waals surface area contributed by atoms with Crippen molar-refractivity contribution in [2.24, 2.45) is 5.92 Å². The van der Waals surface area contributed by atoms with Crippen LogP contribution in [0.3, 0.4) is 0 Å². The summed E-state index contributed by atoms with van der Waals surface area (Å²) in [5.41, 5.74) is 1.87. The lowest BCUT2D eigenvalue weighted by molar-refractivity contribution is -0.384. The lowest BCUT2D eigenvalue weighted by atomic mass is 9.95. The van der Waals surface area contributed by atoms with Gasteiger partial charge in [0.1, 0.15) is 0 Å². The van der Waals surface area contributed by atoms with Crippen LogP contribution in [0.25, 0.3) is 0 Å². The molecule has 1 aliphatic heterocycles. The Bertz CT molecular complexity index is 693. The number of rotatable bonds is 5. The van der Waals surface area contributed by atoms with Gasteiger partial charge in [-0.05, 0) is 18.1 Å². The van der Waals surface area contributed by atoms with Crippen LogP contribution in [-0.4, -0.2) is 18.1 Å². The lowest BCUT2D eigenvalue weighted by Gasteiger charge is -2.20. The van der Waals surface area contributed by atoms with E-state index in [-0.39, 0.29) is 11.8 Å². The lowest BCUT2D eigenvalue weighted by Crippen LogP contribution is -2.18. The summed E-state index contributed by atoms with van der Waals surface area (Å²) in [6.07, 6.45) is 1.04. The summed E-state index contributed by atoms with van der Waals surface area (Å²) in [6.45, 7) is 1.44. The van der Waals surface area contributed by atoms with E-state index in [4.69, 9.17) is 16.3 Å². The Kier molecular flexibility index (Phi) is 4.79. The van der Waals surface area contributed by atoms with Gasteiger partial charge in [0.05, 0.1) is 21.7 Å². The van der Waals surface area contributed by atoms with Gasteiger partial charge in [0.2, 0.25) is 0 Å². The molecule has 1 aliphatic rings. The third kappa shape index (κ3) is 3.63. The van der Waals surface area contributed by atoms with E-state index in [2.05, 4.69) is 17.4 Å². The zero-order valence-corrected chi connectivity index (χ0v) is 13.2. The first-order valence-corrected chi connectivity index (χ1v) is 7.87. The second kappa shape index (κ2) is 6.98. The molecule has 1 fully saturated rings. The van der Waals surface area contributed by atoms with Crippen molar-refractivity contribution in [2.75, 3.05) is 18.5 Å². The van der Waals surface area contributed by atoms with Gasteiger partial charge in [-0.25, -0.2) is 0 Å². The highest BCUT2D eigenvalue weighted by Crippen LogP contribution is 2.35. The molecule has 1 saturated heterocycles. The van der Waals surface area contributed by atoms with Crippen molar-refractivity contribution in [3.63, 3.8) is 0 Å². The number of halogens is 1. The zero-order chi connectivity index (χ0) is 16.2. The van der Waals surface area contributed by atoms with Gasteiger partial charge < -0.3 is 10.1 Å². The molecule has 0 bridgehead atoms. The van der Waals surface area contributed by atoms with Crippen LogP contribution in [0.5, 0.6) is 0 Å². The summed E-state index contributed by atoms with van der Waals surface area (Å²) in [5.74, 6) is 0.337. The SMILES string of the molecule is O=[N+]([O-])c1ccc(NCC2CCOC2c2ccccc2)c(Cl)c1. The quantitative estimate of drug-likeness (QED) is 0.649. The molecule has 120 valence electrons. The number of anilines is 1. The van der Waals surface area contributed by atoms with Crippen LogP contribution in [0, 0.1) is 16.0 Å². The van der Waals surface area contributed by atoms with E-state index in [1.807, 2.05) is 18.2 Å². The van der Waals surface area contributed by atoms with Crippen molar-refractivity contribution in [1.82, 2.24) is 0 Å². The molecule has 0 saturated carbocycles. The first kappa shape index (κ1) is 15.8. The van der Waals surface area contributed by atoms with Gasteiger partial charge in [-0.2, -0.15) is 0 Å². The molecule has 6 heteroatoms. The monoisotopic (exact) mass is 332 g/mol. The average Bonchev–Trinajstić information content (AvgIpc) is 3.03. The molecule has 2 atom stereocenters. The normalized spacial score (nSPS) is 20.4. The first-order chi connectivity index (χ1) is 11.1. The molecule has 5 nitrogen and oxygen atoms in total. The maximum atomic E-state index is 10.7. The summed E-state index contributed by atoms with van der Waals surface area (Å²) in [6, 6.07) is 14.6. The van der Waals surface area contributed by atoms with Crippen LogP contribution in [0.4, 0.5) is 11.4 Å². The van der Waals surface area contributed by atoms with Crippen molar-refractivity contribution in [3.8, 4) is 0 Å². The number of nitro groups is 1. The molecule has 2 aromatic carbocycles. The van der Waals surface area contributed by atoms with E-state index in [0.717, 1.165) is 13.0 Å². The van der Waals surface area contributed by atoms with Gasteiger partial charge in [0, 0.05) is 31.2 Å². The number of non-ortho nitro benzene ring substituents is 1. The smallest absolute Gasteiger partial charge is 0.271 e. The summed E-state index contributed by atoms with van der Waals surface area (Å²) in [7, 11) is 0. The van der Waals surface area contributed by atoms with Gasteiger partial charge >= 0.3 is 0 Å². The van der Waals surface area contributed by atoms with Gasteiger partial charge in [0.25, 0.3) is 5.69 Å². The minimum Gasteiger partial charge on any atom is -0.383 e. The van der Waals surface area contributed by atoms with E-state index >= 15 is 0 Å². The Hall–Kier alpha value is -2.11. The molecule has 0 aliphatic carbocycles. The predicted molar refractivity (Wildman–Crippen MR) is 89.8 cm³/mol. The molecule has 2 aromatic rings. The highest BCUT2D eigenvalue weighted by molar-refractivity contribution is 6.33. The molecule has 2 unspecified atom stereocenters. The first-order valence-electron chi connectivity index (χ1n) is 7.49. The molecular formula is C17H17ClN2O3. The number of hydrogen-bond acceptors (Lipinski definition) is 4. The molecule has 0 aromatic heterocycles. The van der Waals surface area contributed by atoms with E-state index in [0.29, 0.717) is 23.2 Å². The van der Waals surface area contributed by atoms with E-state index < -0.39 is 4.92 Å². The minimum atomic E-state index is -0.452. The zero-order valence-electron chi connectivity index (χ0n) is 12.4. The van der Waals surface area contributed by atoms with Crippen molar-refractivity contribution >= 4 is 23.0 Å². The molecule has 3 rings (SSSR count). The maximum absolute atomic E-state index is 10.7. The molecule has 1 N–H and O–H groups in total. The number of hydrogen-bond donors (Lipinski definition) is 1. The van der Waals surface area contributed by atoms with E-state index in [1.165, 1.54) is 17.7 Å². The van der Waals surface area contributed by atoms with Crippen LogP contribution in [0.1, 0.15) is 18.1 Å². The van der Waals surface area contributed by atoms with Gasteiger partial charge in [-0.3, -0.25) is 10.1 Å². The molecule has 1 heterocycles.